The van der Waals surface area contributed by atoms with Crippen LogP contribution in [0.15, 0.2) is 35.2 Å². The molecule has 0 radical (unpaired) electrons. The lowest BCUT2D eigenvalue weighted by Crippen LogP contribution is -2.35. The number of aromatic nitrogens is 2. The third-order valence-corrected chi connectivity index (χ3v) is 4.43. The number of hydrogen-bond donors (Lipinski definition) is 3. The highest BCUT2D eigenvalue weighted by atomic mass is 32.2. The molecule has 1 heterocycles. The fourth-order valence-electron chi connectivity index (χ4n) is 1.97. The van der Waals surface area contributed by atoms with Crippen LogP contribution in [0.2, 0.25) is 0 Å². The van der Waals surface area contributed by atoms with Crippen LogP contribution < -0.4 is 24.8 Å². The molecule has 0 saturated carbocycles. The number of para-hydroxylation sites is 1. The maximum atomic E-state index is 12.5. The highest BCUT2D eigenvalue weighted by molar-refractivity contribution is 7.90. The Kier molecular flexibility index (Phi) is 6.13. The Labute approximate surface area is 155 Å². The maximum Gasteiger partial charge on any atom is 0.335 e. The predicted molar refractivity (Wildman–Crippen MR) is 95.2 cm³/mol. The van der Waals surface area contributed by atoms with Crippen LogP contribution in [0, 0.1) is 0 Å². The van der Waals surface area contributed by atoms with Crippen LogP contribution in [0.3, 0.4) is 0 Å². The molecule has 11 nitrogen and oxygen atoms in total. The summed E-state index contributed by atoms with van der Waals surface area (Å²) in [6.45, 7) is 1.23. The summed E-state index contributed by atoms with van der Waals surface area (Å²) in [6, 6.07) is 5.90. The average molecular weight is 395 g/mol. The van der Waals surface area contributed by atoms with Crippen molar-refractivity contribution in [1.82, 2.24) is 14.7 Å². The summed E-state index contributed by atoms with van der Waals surface area (Å²) in [7, 11) is -1.57. The summed E-state index contributed by atoms with van der Waals surface area (Å²) in [5.74, 6) is -0.472. The van der Waals surface area contributed by atoms with E-state index in [4.69, 9.17) is 9.47 Å². The number of amides is 3. The lowest BCUT2D eigenvalue weighted by molar-refractivity contribution is -0.114. The van der Waals surface area contributed by atoms with E-state index in [0.29, 0.717) is 0 Å². The van der Waals surface area contributed by atoms with Gasteiger partial charge in [-0.2, -0.15) is 9.97 Å². The number of rotatable bonds is 6. The summed E-state index contributed by atoms with van der Waals surface area (Å²) in [4.78, 5) is 30.8. The molecule has 144 valence electrons. The molecule has 1 aromatic heterocycles. The van der Waals surface area contributed by atoms with Crippen LogP contribution in [-0.4, -0.2) is 44.5 Å². The minimum Gasteiger partial charge on any atom is -0.481 e. The predicted octanol–water partition coefficient (Wildman–Crippen LogP) is 0.963. The van der Waals surface area contributed by atoms with Gasteiger partial charge in [-0.05, 0) is 12.1 Å². The topological polar surface area (TPSA) is 149 Å². The van der Waals surface area contributed by atoms with E-state index in [1.165, 1.54) is 45.4 Å². The van der Waals surface area contributed by atoms with Crippen LogP contribution in [-0.2, 0) is 14.8 Å². The van der Waals surface area contributed by atoms with Crippen LogP contribution in [0.4, 0.5) is 16.4 Å². The lowest BCUT2D eigenvalue weighted by Gasteiger charge is -2.12. The summed E-state index contributed by atoms with van der Waals surface area (Å²) in [6.07, 6.45) is 0. The molecule has 0 aliphatic rings. The van der Waals surface area contributed by atoms with Gasteiger partial charge in [-0.1, -0.05) is 12.1 Å². The van der Waals surface area contributed by atoms with Crippen molar-refractivity contribution in [2.75, 3.05) is 24.9 Å². The fourth-order valence-corrected chi connectivity index (χ4v) is 3.04. The third-order valence-electron chi connectivity index (χ3n) is 3.04. The normalized spacial score (nSPS) is 10.6. The highest BCUT2D eigenvalue weighted by Crippen LogP contribution is 2.21. The second-order valence-corrected chi connectivity index (χ2v) is 6.66. The second kappa shape index (κ2) is 8.31. The van der Waals surface area contributed by atoms with Gasteiger partial charge in [-0.25, -0.2) is 17.9 Å². The Hall–Kier alpha value is -3.41. The van der Waals surface area contributed by atoms with Crippen LogP contribution in [0.1, 0.15) is 6.92 Å². The Morgan fingerprint density at radius 3 is 2.15 bits per heavy atom. The van der Waals surface area contributed by atoms with E-state index in [9.17, 15) is 18.0 Å². The van der Waals surface area contributed by atoms with E-state index >= 15 is 0 Å². The van der Waals surface area contributed by atoms with Gasteiger partial charge in [-0.3, -0.25) is 10.1 Å². The van der Waals surface area contributed by atoms with Crippen molar-refractivity contribution >= 4 is 33.6 Å². The zero-order chi connectivity index (χ0) is 20.0. The number of urea groups is 1. The molecule has 0 aliphatic heterocycles. The van der Waals surface area contributed by atoms with Gasteiger partial charge < -0.3 is 14.8 Å². The molecule has 0 atom stereocenters. The molecule has 0 saturated heterocycles. The maximum absolute atomic E-state index is 12.5. The van der Waals surface area contributed by atoms with E-state index in [2.05, 4.69) is 20.6 Å². The number of nitrogens with one attached hydrogen (secondary N) is 3. The first kappa shape index (κ1) is 19.9. The number of carbonyl (C=O) groups excluding carboxylic acids is 2. The molecule has 3 amide bonds. The van der Waals surface area contributed by atoms with E-state index in [0.717, 1.165) is 0 Å². The summed E-state index contributed by atoms with van der Waals surface area (Å²) in [5, 5.41) is 4.56. The van der Waals surface area contributed by atoms with Crippen LogP contribution in [0.5, 0.6) is 11.8 Å². The zero-order valence-electron chi connectivity index (χ0n) is 14.6. The number of ether oxygens (including phenoxy) is 2. The van der Waals surface area contributed by atoms with Gasteiger partial charge in [0.05, 0.1) is 26.0 Å². The molecule has 3 N–H and O–H groups in total. The second-order valence-electron chi connectivity index (χ2n) is 5.01. The first-order chi connectivity index (χ1) is 12.7. The summed E-state index contributed by atoms with van der Waals surface area (Å²) >= 11 is 0. The largest absolute Gasteiger partial charge is 0.481 e. The average Bonchev–Trinajstić information content (AvgIpc) is 2.60. The minimum absolute atomic E-state index is 0.0320. The Balaban J connectivity index is 2.22. The monoisotopic (exact) mass is 395 g/mol. The van der Waals surface area contributed by atoms with E-state index in [1.54, 1.807) is 6.07 Å². The van der Waals surface area contributed by atoms with E-state index in [1.807, 2.05) is 4.72 Å². The minimum atomic E-state index is -4.28. The number of methoxy groups -OCH3 is 2. The zero-order valence-corrected chi connectivity index (χ0v) is 15.5. The molecule has 2 aromatic rings. The first-order valence-electron chi connectivity index (χ1n) is 7.42. The standard InChI is InChI=1S/C15H17N5O6S/c1-9(21)16-10-6-4-5-7-11(10)27(23,24)20-15(22)19-14-17-12(25-2)8-13(18-14)26-3/h4-8H,1-3H3,(H,16,21)(H2,17,18,19,20,22). The van der Waals surface area contributed by atoms with Crippen molar-refractivity contribution in [2.24, 2.45) is 0 Å². The molecule has 27 heavy (non-hydrogen) atoms. The van der Waals surface area contributed by atoms with E-state index in [-0.39, 0.29) is 28.3 Å². The summed E-state index contributed by atoms with van der Waals surface area (Å²) in [5.41, 5.74) is 0.0320. The van der Waals surface area contributed by atoms with Gasteiger partial charge in [0.25, 0.3) is 10.0 Å². The SMILES string of the molecule is COc1cc(OC)nc(NC(=O)NS(=O)(=O)c2ccccc2NC(C)=O)n1. The smallest absolute Gasteiger partial charge is 0.335 e. The Bertz CT molecular complexity index is 941. The van der Waals surface area contributed by atoms with E-state index < -0.39 is 22.0 Å². The molecule has 12 heteroatoms. The summed E-state index contributed by atoms with van der Waals surface area (Å²) < 4.78 is 36.6. The van der Waals surface area contributed by atoms with Gasteiger partial charge in [0, 0.05) is 6.92 Å². The van der Waals surface area contributed by atoms with Gasteiger partial charge in [0.1, 0.15) is 4.90 Å². The Morgan fingerprint density at radius 1 is 1.00 bits per heavy atom. The van der Waals surface area contributed by atoms with Crippen molar-refractivity contribution in [1.29, 1.82) is 0 Å². The number of nitrogens with zero attached hydrogens (tertiary/aromatic N) is 2. The number of benzene rings is 1. The Morgan fingerprint density at radius 2 is 1.59 bits per heavy atom. The first-order valence-corrected chi connectivity index (χ1v) is 8.91. The molecule has 0 fully saturated rings. The fraction of sp³-hybridized carbons (Fsp3) is 0.200. The van der Waals surface area contributed by atoms with Crippen molar-refractivity contribution in [3.63, 3.8) is 0 Å². The molecule has 2 rings (SSSR count). The molecule has 0 spiro atoms. The van der Waals surface area contributed by atoms with Gasteiger partial charge in [0.15, 0.2) is 0 Å². The van der Waals surface area contributed by atoms with Crippen LogP contribution in [0.25, 0.3) is 0 Å². The quantitative estimate of drug-likeness (QED) is 0.655. The molecule has 0 bridgehead atoms. The van der Waals surface area contributed by atoms with Crippen molar-refractivity contribution in [3.8, 4) is 11.8 Å². The number of carbonyl (C=O) groups is 2. The van der Waals surface area contributed by atoms with Gasteiger partial charge in [-0.15, -0.1) is 0 Å². The molecule has 0 aliphatic carbocycles. The number of anilines is 2. The number of sulfonamides is 1. The molecular formula is C15H17N5O6S. The molecular weight excluding hydrogens is 378 g/mol. The van der Waals surface area contributed by atoms with Crippen LogP contribution >= 0.6 is 0 Å². The van der Waals surface area contributed by atoms with Crippen molar-refractivity contribution in [2.45, 2.75) is 11.8 Å². The molecule has 0 unspecified atom stereocenters. The van der Waals surface area contributed by atoms with Gasteiger partial charge >= 0.3 is 6.03 Å². The third kappa shape index (κ3) is 5.28. The van der Waals surface area contributed by atoms with Crippen molar-refractivity contribution in [3.05, 3.63) is 30.3 Å². The molecule has 1 aromatic carbocycles. The van der Waals surface area contributed by atoms with Crippen molar-refractivity contribution < 1.29 is 27.5 Å². The lowest BCUT2D eigenvalue weighted by atomic mass is 10.3. The number of hydrogen-bond acceptors (Lipinski definition) is 8. The van der Waals surface area contributed by atoms with Gasteiger partial charge in [0.2, 0.25) is 23.6 Å². The highest BCUT2D eigenvalue weighted by Gasteiger charge is 2.22.